The topological polar surface area (TPSA) is 735 Å². The smallest absolute Gasteiger partial charge is 0.280 e. The van der Waals surface area contributed by atoms with Crippen LogP contribution in [0.15, 0.2) is 58.0 Å². The number of nitrogens with two attached hydrogens (primary N) is 5. The summed E-state index contributed by atoms with van der Waals surface area (Å²) < 4.78 is 120. The fourth-order valence-electron chi connectivity index (χ4n) is 12.2. The van der Waals surface area contributed by atoms with Crippen LogP contribution in [0.2, 0.25) is 0 Å². The summed E-state index contributed by atoms with van der Waals surface area (Å²) in [6, 6.07) is 1.37. The minimum absolute atomic E-state index is 0.00685. The number of anilines is 5. The third-order valence-corrected chi connectivity index (χ3v) is 18.3. The van der Waals surface area contributed by atoms with Crippen molar-refractivity contribution >= 4 is 156 Å². The van der Waals surface area contributed by atoms with Gasteiger partial charge in [0.05, 0.1) is 77.1 Å². The molecule has 10 aromatic rings. The first-order valence-electron chi connectivity index (χ1n) is 36.3. The number of aromatic amines is 4. The number of H-pyrrole nitrogens is 4. The highest BCUT2D eigenvalue weighted by Crippen LogP contribution is 2.45. The van der Waals surface area contributed by atoms with Crippen LogP contribution in [0.3, 0.4) is 0 Å². The molecule has 15 rings (SSSR count). The number of hydrogen-bond donors (Lipinski definition) is 24. The highest BCUT2D eigenvalue weighted by atomic mass is 35.5. The van der Waals surface area contributed by atoms with E-state index in [2.05, 4.69) is 94.4 Å². The maximum Gasteiger partial charge on any atom is 0.280 e. The highest BCUT2D eigenvalue weighted by molar-refractivity contribution is 7.71. The molecule has 15 heterocycles. The van der Waals surface area contributed by atoms with Crippen molar-refractivity contribution in [3.05, 3.63) is 85.2 Å². The first-order chi connectivity index (χ1) is 58.0. The quantitative estimate of drug-likeness (QED) is 0.0447. The van der Waals surface area contributed by atoms with Gasteiger partial charge in [-0.3, -0.25) is 47.6 Å². The maximum absolute atomic E-state index is 14.2. The van der Waals surface area contributed by atoms with Gasteiger partial charge in [-0.05, 0) is 93.7 Å². The van der Waals surface area contributed by atoms with Crippen molar-refractivity contribution in [2.75, 3.05) is 61.5 Å². The Kier molecular flexibility index (Phi) is 21.5. The van der Waals surface area contributed by atoms with Crippen LogP contribution in [-0.4, -0.2) is 286 Å². The molecule has 5 fully saturated rings. The van der Waals surface area contributed by atoms with Crippen molar-refractivity contribution in [3.8, 4) is 56.5 Å². The van der Waals surface area contributed by atoms with Gasteiger partial charge in [-0.15, -0.1) is 0 Å². The van der Waals surface area contributed by atoms with E-state index < -0.39 is 181 Å². The van der Waals surface area contributed by atoms with Gasteiger partial charge in [0.1, 0.15) is 83.1 Å². The number of imidazole rings is 3. The minimum atomic E-state index is -3.08. The number of aliphatic hydroxyl groups excluding tert-OH is 5. The van der Waals surface area contributed by atoms with Gasteiger partial charge in [0.25, 0.3) is 16.7 Å². The highest BCUT2D eigenvalue weighted by Gasteiger charge is 2.61. The van der Waals surface area contributed by atoms with E-state index in [1.165, 1.54) is 40.2 Å². The molecule has 53 heteroatoms. The summed E-state index contributed by atoms with van der Waals surface area (Å²) in [6.45, 7) is -15.0. The summed E-state index contributed by atoms with van der Waals surface area (Å²) in [5, 5.41) is 162. The van der Waals surface area contributed by atoms with Crippen LogP contribution in [0.1, 0.15) is 44.8 Å². The molecule has 0 aliphatic carbocycles. The fraction of sp³-hybridized carbons (Fsp3) is 0.403. The van der Waals surface area contributed by atoms with Crippen LogP contribution in [0.25, 0.3) is 55.6 Å². The molecule has 0 bridgehead atoms. The molecule has 29 N–H and O–H groups in total. The molecule has 5 aliphatic rings. The van der Waals surface area contributed by atoms with Crippen molar-refractivity contribution in [3.63, 3.8) is 0 Å². The second-order valence-corrected chi connectivity index (χ2v) is 25.6. The van der Waals surface area contributed by atoms with E-state index in [1.54, 1.807) is 0 Å². The summed E-state index contributed by atoms with van der Waals surface area (Å²) in [5.74, 6) is 8.79. The molecule has 46 nitrogen and oxygen atoms in total. The average molecular weight is 1730 g/mol. The van der Waals surface area contributed by atoms with Crippen molar-refractivity contribution in [1.82, 2.24) is 87.6 Å². The molecule has 5 unspecified atom stereocenters. The van der Waals surface area contributed by atoms with Crippen LogP contribution in [0, 0.1) is 67.0 Å². The minimum Gasteiger partial charge on any atom is -0.394 e. The number of fused-ring (bicyclic) bond motifs is 5. The van der Waals surface area contributed by atoms with Crippen LogP contribution in [-0.2, 0) is 23.7 Å². The SMILES string of the molecule is [2H]C([2H])(O)[C@H]1O[C@@H](n2cc(F)c3c(=O)[nH]c(N)nc32)C(O)(C#CCl)[C@H]1O.[2H]C([2H])(O)[C@H]1O[C@@H](n2ccc3c(=O)[nH]c(N)nc32)C(O)(C#CCl)[C@H]1O.[2H]C([2H])(O)[C@H]1O[C@@H](n2cnc3c(=O)[nH]c(N)nc32)C(O)(C#CCl)[C@H]1O.[2H]C([2H])(O)[C@H]1O[C@@H](n2cnc3c(=S)nc(N)[nH]c32)C(O)(C#CCl)[C@H]1O.[2H]C([2H])(O)[C@H]1O[C@@H](n2cnc3cnc(N)nc32)C(O)(C#CCl)[C@H]1O. The molecule has 20 atom stereocenters. The Morgan fingerprint density at radius 2 is 0.835 bits per heavy atom. The fourth-order valence-corrected chi connectivity index (χ4v) is 13.2. The van der Waals surface area contributed by atoms with E-state index in [-0.39, 0.29) is 79.0 Å². The van der Waals surface area contributed by atoms with Gasteiger partial charge < -0.3 is 139 Å². The third kappa shape index (κ3) is 15.4. The van der Waals surface area contributed by atoms with Gasteiger partial charge in [-0.25, -0.2) is 29.3 Å². The van der Waals surface area contributed by atoms with Crippen LogP contribution in [0.5, 0.6) is 0 Å². The van der Waals surface area contributed by atoms with Gasteiger partial charge in [0.15, 0.2) is 75.7 Å². The summed E-state index contributed by atoms with van der Waals surface area (Å²) in [4.78, 5) is 80.1. The van der Waals surface area contributed by atoms with Gasteiger partial charge in [0.2, 0.25) is 51.8 Å². The maximum atomic E-state index is 14.2. The Balaban J connectivity index is 0.000000152. The van der Waals surface area contributed by atoms with Crippen molar-refractivity contribution < 1.29 is 118 Å². The molecule has 0 spiro atoms. The van der Waals surface area contributed by atoms with Gasteiger partial charge in [-0.2, -0.15) is 19.9 Å². The summed E-state index contributed by atoms with van der Waals surface area (Å²) in [5.41, 5.74) is 13.8. The Morgan fingerprint density at radius 1 is 0.470 bits per heavy atom. The number of nitrogen functional groups attached to an aromatic ring is 5. The molecule has 0 radical (unpaired) electrons. The number of hydrogen-bond acceptors (Lipinski definition) is 38. The van der Waals surface area contributed by atoms with E-state index in [9.17, 15) is 95.4 Å². The number of nitrogens with one attached hydrogen (secondary N) is 4. The molecule has 5 aliphatic heterocycles. The normalized spacial score (nSPS) is 32.3. The first-order valence-corrected chi connectivity index (χ1v) is 33.6. The lowest BCUT2D eigenvalue weighted by molar-refractivity contribution is -0.0721. The van der Waals surface area contributed by atoms with Gasteiger partial charge in [0, 0.05) is 39.3 Å². The van der Waals surface area contributed by atoms with Crippen LogP contribution >= 0.6 is 70.2 Å². The first kappa shape index (κ1) is 72.6. The zero-order valence-electron chi connectivity index (χ0n) is 66.5. The molecular formula is C62H61Cl5FN23O23S. The second kappa shape index (κ2) is 34.0. The lowest BCUT2D eigenvalue weighted by atomic mass is 9.95. The van der Waals surface area contributed by atoms with E-state index >= 15 is 0 Å². The summed E-state index contributed by atoms with van der Waals surface area (Å²) >= 11 is 31.8. The largest absolute Gasteiger partial charge is 0.394 e. The lowest BCUT2D eigenvalue weighted by Crippen LogP contribution is -2.45. The van der Waals surface area contributed by atoms with Crippen molar-refractivity contribution in [2.24, 2.45) is 0 Å². The van der Waals surface area contributed by atoms with Crippen LogP contribution < -0.4 is 45.3 Å². The predicted molar refractivity (Wildman–Crippen MR) is 397 cm³/mol. The molecule has 0 aromatic carbocycles. The van der Waals surface area contributed by atoms with Crippen molar-refractivity contribution in [2.45, 2.75) is 120 Å². The monoisotopic (exact) mass is 1730 g/mol. The zero-order chi connectivity index (χ0) is 92.8. The number of halogens is 6. The van der Waals surface area contributed by atoms with E-state index in [4.69, 9.17) is 136 Å². The molecule has 10 aromatic heterocycles. The third-order valence-electron chi connectivity index (χ3n) is 17.6. The van der Waals surface area contributed by atoms with Gasteiger partial charge in [-0.1, -0.05) is 12.2 Å². The number of nitrogens with zero attached hydrogens (tertiary/aromatic N) is 14. The number of rotatable bonds is 10. The van der Waals surface area contributed by atoms with Crippen molar-refractivity contribution in [1.29, 1.82) is 0 Å². The molecule has 610 valence electrons. The molecule has 5 saturated heterocycles. The lowest BCUT2D eigenvalue weighted by Gasteiger charge is -2.26. The number of ether oxygens (including phenoxy) is 5. The average Bonchev–Trinajstić information content (AvgIpc) is 1.60. The number of aromatic nitrogens is 18. The molecule has 0 amide bonds. The van der Waals surface area contributed by atoms with E-state index in [0.29, 0.717) is 5.52 Å². The predicted octanol–water partition coefficient (Wildman–Crippen LogP) is -7.16. The standard InChI is InChI=1S/C13H12ClFN4O5.C13H13ClN4O5.C12H12ClN5O5.C12H12ClN5O4S.C12H12ClN5O4/c14-2-1-13(23)8(21)6(4-20)24-11(13)19-3-5(15)7-9(19)17-12(16)18-10(7)22;14-3-2-13(22)8(20)7(5-19)23-11(13)18-4-1-6-9(18)16-12(15)17-10(6)21;13-2-1-12(22)7(20)5(3-19)23-10(12)18-4-15-6-8(18)16-11(14)17-9(6)21;13-2-1-12(21)7(20)5(3-19)22-10(12)18-4-15-6-8(18)16-11(14)17-9(6)23;13-2-1-12(21)8(20)7(4-19)22-10(12)18-5-16-6-3-15-11(14)17-9(6)18/h3,6,8,11,20-21,23H,4H2,(H3,16,17,18,22);1,4,7-8,11,19-20,22H,5H2,(H3,15,16,17,21);4-5,7,10,19-20,22H,3H2,(H3,14,16,17,21);4-5,7,10,19-21H,3H2,(H3,14,16,17,23);3,5,7-8,10,19-21H,4H2,(H2,14,15,17)/t6-,8+,11-,13?;7-,8+,11-,13?;2*5-,7+,10-,12?;7-,8+,10-,12?/m11111/s1/i4D2;5D2;2*3D2;4D2. The van der Waals surface area contributed by atoms with Crippen LogP contribution in [0.4, 0.5) is 34.1 Å². The van der Waals surface area contributed by atoms with E-state index in [1.807, 2.05) is 26.9 Å². The zero-order valence-corrected chi connectivity index (χ0v) is 61.1. The second-order valence-electron chi connectivity index (χ2n) is 24.2. The Labute approximate surface area is 682 Å². The Bertz CT molecular complexity index is 6090. The summed E-state index contributed by atoms with van der Waals surface area (Å²) in [7, 11) is 0. The molecule has 115 heavy (non-hydrogen) atoms. The Hall–Kier alpha value is -10.1. The molecular weight excluding hydrogens is 1660 g/mol. The Morgan fingerprint density at radius 3 is 1.29 bits per heavy atom. The van der Waals surface area contributed by atoms with Gasteiger partial charge >= 0.3 is 0 Å². The molecule has 0 saturated carbocycles. The van der Waals surface area contributed by atoms with E-state index in [0.717, 1.165) is 26.2 Å². The summed E-state index contributed by atoms with van der Waals surface area (Å²) in [6.07, 6.45) is -19.9. The number of aliphatic hydroxyl groups is 15.